The largest absolute Gasteiger partial charge is 0.356 e. The number of aromatic nitrogens is 2. The fourth-order valence-corrected chi connectivity index (χ4v) is 3.57. The molecule has 0 aliphatic carbocycles. The Morgan fingerprint density at radius 1 is 1.23 bits per heavy atom. The quantitative estimate of drug-likeness (QED) is 0.262. The Bertz CT molecular complexity index is 563. The Balaban J connectivity index is 0.00000338. The minimum Gasteiger partial charge on any atom is -0.356 e. The summed E-state index contributed by atoms with van der Waals surface area (Å²) in [5, 5.41) is 11.5. The van der Waals surface area contributed by atoms with Crippen LogP contribution in [0.15, 0.2) is 4.99 Å². The van der Waals surface area contributed by atoms with E-state index in [0.717, 1.165) is 24.6 Å². The maximum atomic E-state index is 4.50. The van der Waals surface area contributed by atoms with Crippen LogP contribution < -0.4 is 10.6 Å². The van der Waals surface area contributed by atoms with Gasteiger partial charge >= 0.3 is 0 Å². The van der Waals surface area contributed by atoms with Gasteiger partial charge in [-0.2, -0.15) is 5.10 Å². The van der Waals surface area contributed by atoms with E-state index in [9.17, 15) is 0 Å². The van der Waals surface area contributed by atoms with E-state index >= 15 is 0 Å². The predicted molar refractivity (Wildman–Crippen MR) is 121 cm³/mol. The van der Waals surface area contributed by atoms with Gasteiger partial charge in [-0.3, -0.25) is 9.67 Å². The fourth-order valence-electron chi connectivity index (χ4n) is 3.57. The molecule has 1 aliphatic rings. The summed E-state index contributed by atoms with van der Waals surface area (Å²) in [6.45, 7) is 11.2. The summed E-state index contributed by atoms with van der Waals surface area (Å²) >= 11 is 0. The van der Waals surface area contributed by atoms with Crippen molar-refractivity contribution in [2.45, 2.75) is 58.9 Å². The third kappa shape index (κ3) is 7.06. The normalized spacial score (nSPS) is 16.4. The molecule has 0 radical (unpaired) electrons. The average Bonchev–Trinajstić information content (AvgIpc) is 3.18. The van der Waals surface area contributed by atoms with Gasteiger partial charge in [0.15, 0.2) is 5.96 Å². The molecule has 0 saturated carbocycles. The highest BCUT2D eigenvalue weighted by Crippen LogP contribution is 2.14. The fraction of sp³-hybridized carbons (Fsp3) is 0.789. The second-order valence-electron chi connectivity index (χ2n) is 7.28. The average molecular weight is 476 g/mol. The van der Waals surface area contributed by atoms with Crippen LogP contribution in [-0.4, -0.2) is 59.9 Å². The molecule has 1 aliphatic heterocycles. The lowest BCUT2D eigenvalue weighted by molar-refractivity contribution is 0.330. The summed E-state index contributed by atoms with van der Waals surface area (Å²) < 4.78 is 1.96. The number of hydrogen-bond acceptors (Lipinski definition) is 3. The highest BCUT2D eigenvalue weighted by molar-refractivity contribution is 14.0. The van der Waals surface area contributed by atoms with Gasteiger partial charge in [0.25, 0.3) is 0 Å². The SMILES string of the molecule is CN=C(NCCCCN1CCCC1)NC(C)Cc1c(C)nn(C)c1C.I. The Morgan fingerprint density at radius 3 is 2.50 bits per heavy atom. The van der Waals surface area contributed by atoms with E-state index in [4.69, 9.17) is 0 Å². The van der Waals surface area contributed by atoms with E-state index in [1.54, 1.807) is 0 Å². The number of hydrogen-bond donors (Lipinski definition) is 2. The molecule has 0 spiro atoms. The van der Waals surface area contributed by atoms with Gasteiger partial charge in [0, 0.05) is 32.4 Å². The lowest BCUT2D eigenvalue weighted by Crippen LogP contribution is -2.43. The predicted octanol–water partition coefficient (Wildman–Crippen LogP) is 2.63. The van der Waals surface area contributed by atoms with Gasteiger partial charge in [-0.15, -0.1) is 24.0 Å². The molecule has 0 bridgehead atoms. The first-order chi connectivity index (χ1) is 12.0. The Hall–Kier alpha value is -0.830. The molecule has 1 aromatic heterocycles. The minimum atomic E-state index is 0. The Morgan fingerprint density at radius 2 is 1.92 bits per heavy atom. The van der Waals surface area contributed by atoms with Crippen molar-refractivity contribution in [2.24, 2.45) is 12.0 Å². The van der Waals surface area contributed by atoms with Crippen LogP contribution in [-0.2, 0) is 13.5 Å². The first-order valence-corrected chi connectivity index (χ1v) is 9.70. The molecule has 0 aromatic carbocycles. The molecule has 1 atom stereocenters. The van der Waals surface area contributed by atoms with Crippen LogP contribution in [0.3, 0.4) is 0 Å². The van der Waals surface area contributed by atoms with Crippen molar-refractivity contribution >= 4 is 29.9 Å². The van der Waals surface area contributed by atoms with Crippen molar-refractivity contribution in [3.05, 3.63) is 17.0 Å². The summed E-state index contributed by atoms with van der Waals surface area (Å²) in [5.41, 5.74) is 3.71. The van der Waals surface area contributed by atoms with Crippen LogP contribution in [0.4, 0.5) is 0 Å². The molecule has 0 amide bonds. The number of halogens is 1. The molecule has 2 rings (SSSR count). The van der Waals surface area contributed by atoms with E-state index in [1.165, 1.54) is 56.6 Å². The standard InChI is InChI=1S/C19H36N6.HI/c1-15(14-18-16(2)23-24(5)17(18)3)22-19(20-4)21-10-6-7-11-25-12-8-9-13-25;/h15H,6-14H2,1-5H3,(H2,20,21,22);1H. The van der Waals surface area contributed by atoms with E-state index in [-0.39, 0.29) is 24.0 Å². The minimum absolute atomic E-state index is 0. The molecular weight excluding hydrogens is 439 g/mol. The summed E-state index contributed by atoms with van der Waals surface area (Å²) in [6.07, 6.45) is 6.16. The maximum Gasteiger partial charge on any atom is 0.191 e. The van der Waals surface area contributed by atoms with Crippen molar-refractivity contribution in [2.75, 3.05) is 33.2 Å². The summed E-state index contributed by atoms with van der Waals surface area (Å²) in [6, 6.07) is 0.317. The topological polar surface area (TPSA) is 57.5 Å². The lowest BCUT2D eigenvalue weighted by atomic mass is 10.1. The monoisotopic (exact) mass is 476 g/mol. The summed E-state index contributed by atoms with van der Waals surface area (Å²) in [5.74, 6) is 0.896. The van der Waals surface area contributed by atoms with Crippen molar-refractivity contribution in [1.29, 1.82) is 0 Å². The van der Waals surface area contributed by atoms with Crippen molar-refractivity contribution in [3.8, 4) is 0 Å². The number of aryl methyl sites for hydroxylation is 2. The van der Waals surface area contributed by atoms with E-state index in [1.807, 2.05) is 18.8 Å². The second-order valence-corrected chi connectivity index (χ2v) is 7.28. The molecular formula is C19H37IN6. The molecule has 2 N–H and O–H groups in total. The first-order valence-electron chi connectivity index (χ1n) is 9.70. The smallest absolute Gasteiger partial charge is 0.191 e. The molecule has 1 aromatic rings. The molecule has 1 fully saturated rings. The zero-order valence-corrected chi connectivity index (χ0v) is 19.5. The van der Waals surface area contributed by atoms with Gasteiger partial charge in [-0.05, 0) is 78.1 Å². The number of rotatable bonds is 8. The first kappa shape index (κ1) is 23.2. The van der Waals surface area contributed by atoms with E-state index in [0.29, 0.717) is 6.04 Å². The number of likely N-dealkylation sites (tertiary alicyclic amines) is 1. The summed E-state index contributed by atoms with van der Waals surface area (Å²) in [7, 11) is 3.85. The van der Waals surface area contributed by atoms with E-state index in [2.05, 4.69) is 46.4 Å². The molecule has 2 heterocycles. The van der Waals surface area contributed by atoms with Crippen LogP contribution in [0.5, 0.6) is 0 Å². The third-order valence-corrected chi connectivity index (χ3v) is 5.17. The molecule has 1 saturated heterocycles. The highest BCUT2D eigenvalue weighted by Gasteiger charge is 2.14. The van der Waals surface area contributed by atoms with E-state index < -0.39 is 0 Å². The Kier molecular flexibility index (Phi) is 10.5. The van der Waals surface area contributed by atoms with Crippen LogP contribution in [0.2, 0.25) is 0 Å². The number of guanidine groups is 1. The zero-order chi connectivity index (χ0) is 18.2. The maximum absolute atomic E-state index is 4.50. The molecule has 6 nitrogen and oxygen atoms in total. The van der Waals surface area contributed by atoms with Crippen LogP contribution >= 0.6 is 24.0 Å². The van der Waals surface area contributed by atoms with Crippen molar-refractivity contribution in [3.63, 3.8) is 0 Å². The van der Waals surface area contributed by atoms with Gasteiger partial charge in [0.1, 0.15) is 0 Å². The van der Waals surface area contributed by atoms with Crippen molar-refractivity contribution < 1.29 is 0 Å². The number of unbranched alkanes of at least 4 members (excludes halogenated alkanes) is 1. The van der Waals surface area contributed by atoms with Crippen LogP contribution in [0, 0.1) is 13.8 Å². The van der Waals surface area contributed by atoms with Crippen LogP contribution in [0.25, 0.3) is 0 Å². The molecule has 7 heteroatoms. The number of nitrogens with zero attached hydrogens (tertiary/aromatic N) is 4. The summed E-state index contributed by atoms with van der Waals surface area (Å²) in [4.78, 5) is 6.94. The number of aliphatic imine (C=N–C) groups is 1. The number of nitrogens with one attached hydrogen (secondary N) is 2. The van der Waals surface area contributed by atoms with Gasteiger partial charge < -0.3 is 15.5 Å². The van der Waals surface area contributed by atoms with Crippen molar-refractivity contribution in [1.82, 2.24) is 25.3 Å². The van der Waals surface area contributed by atoms with Gasteiger partial charge in [-0.25, -0.2) is 0 Å². The second kappa shape index (κ2) is 11.8. The molecule has 150 valence electrons. The molecule has 1 unspecified atom stereocenters. The highest BCUT2D eigenvalue weighted by atomic mass is 127. The van der Waals surface area contributed by atoms with Gasteiger partial charge in [0.05, 0.1) is 5.69 Å². The third-order valence-electron chi connectivity index (χ3n) is 5.17. The van der Waals surface area contributed by atoms with Gasteiger partial charge in [-0.1, -0.05) is 0 Å². The zero-order valence-electron chi connectivity index (χ0n) is 17.1. The Labute approximate surface area is 176 Å². The lowest BCUT2D eigenvalue weighted by Gasteiger charge is -2.19. The van der Waals surface area contributed by atoms with Crippen LogP contribution in [0.1, 0.15) is 49.6 Å². The molecule has 26 heavy (non-hydrogen) atoms. The van der Waals surface area contributed by atoms with Gasteiger partial charge in [0.2, 0.25) is 0 Å².